The number of carbonyl (C=O) groups excluding carboxylic acids is 1. The number of nitrogens with two attached hydrogens (primary N) is 1. The van der Waals surface area contributed by atoms with E-state index in [4.69, 9.17) is 24.7 Å². The Morgan fingerprint density at radius 3 is 2.00 bits per heavy atom. The van der Waals surface area contributed by atoms with Crippen molar-refractivity contribution in [2.24, 2.45) is 11.7 Å². The maximum atomic E-state index is 15.8. The van der Waals surface area contributed by atoms with Gasteiger partial charge in [0.05, 0.1) is 32.0 Å². The minimum absolute atomic E-state index is 0.0612. The summed E-state index contributed by atoms with van der Waals surface area (Å²) in [5.74, 6) is -4.53. The van der Waals surface area contributed by atoms with E-state index >= 15 is 8.78 Å². The predicted octanol–water partition coefficient (Wildman–Crippen LogP) is 4.89. The molecular formula is C28H37F2NO5. The Labute approximate surface area is 212 Å². The van der Waals surface area contributed by atoms with E-state index in [0.717, 1.165) is 11.1 Å². The molecule has 0 spiro atoms. The molecular weight excluding hydrogens is 468 g/mol. The van der Waals surface area contributed by atoms with E-state index in [1.165, 1.54) is 0 Å². The summed E-state index contributed by atoms with van der Waals surface area (Å²) >= 11 is 0. The molecule has 0 saturated carbocycles. The van der Waals surface area contributed by atoms with E-state index < -0.39 is 48.8 Å². The van der Waals surface area contributed by atoms with E-state index in [-0.39, 0.29) is 25.7 Å². The van der Waals surface area contributed by atoms with Gasteiger partial charge in [0.2, 0.25) is 0 Å². The third-order valence-electron chi connectivity index (χ3n) is 6.52. The van der Waals surface area contributed by atoms with E-state index in [1.807, 2.05) is 74.5 Å². The Morgan fingerprint density at radius 2 is 1.50 bits per heavy atom. The molecule has 198 valence electrons. The van der Waals surface area contributed by atoms with Crippen molar-refractivity contribution >= 4 is 5.97 Å². The van der Waals surface area contributed by atoms with E-state index in [9.17, 15) is 4.79 Å². The maximum absolute atomic E-state index is 15.8. The highest BCUT2D eigenvalue weighted by Gasteiger charge is 2.56. The summed E-state index contributed by atoms with van der Waals surface area (Å²) in [6, 6.07) is 17.4. The molecule has 1 aliphatic rings. The van der Waals surface area contributed by atoms with Crippen LogP contribution in [-0.2, 0) is 37.0 Å². The molecule has 2 aromatic carbocycles. The zero-order valence-electron chi connectivity index (χ0n) is 21.1. The molecule has 6 atom stereocenters. The molecule has 1 heterocycles. The van der Waals surface area contributed by atoms with Crippen LogP contribution in [0.3, 0.4) is 0 Å². The lowest BCUT2D eigenvalue weighted by molar-refractivity contribution is -0.285. The van der Waals surface area contributed by atoms with Crippen LogP contribution in [0.5, 0.6) is 0 Å². The van der Waals surface area contributed by atoms with Crippen LogP contribution in [0.15, 0.2) is 60.7 Å². The Hall–Kier alpha value is -2.39. The fourth-order valence-electron chi connectivity index (χ4n) is 4.58. The second kappa shape index (κ2) is 13.2. The first-order valence-corrected chi connectivity index (χ1v) is 12.5. The number of halogens is 2. The topological polar surface area (TPSA) is 80.0 Å². The number of carbonyl (C=O) groups is 1. The highest BCUT2D eigenvalue weighted by atomic mass is 19.3. The van der Waals surface area contributed by atoms with Crippen LogP contribution >= 0.6 is 0 Å². The Kier molecular flexibility index (Phi) is 10.4. The third-order valence-corrected chi connectivity index (χ3v) is 6.52. The molecule has 8 heteroatoms. The van der Waals surface area contributed by atoms with Crippen molar-refractivity contribution in [2.75, 3.05) is 6.61 Å². The zero-order valence-corrected chi connectivity index (χ0v) is 21.1. The van der Waals surface area contributed by atoms with Crippen LogP contribution in [0.25, 0.3) is 0 Å². The highest BCUT2D eigenvalue weighted by molar-refractivity contribution is 5.75. The van der Waals surface area contributed by atoms with Crippen LogP contribution in [0.4, 0.5) is 8.78 Å². The SMILES string of the molecule is CCOC(=O)[C@@H](N)CC(F)(F)[C@@H]1O[C@H](CC)[C@H](C)[C@H](OCc2ccccc2)[C@H]1OCc1ccccc1. The van der Waals surface area contributed by atoms with Crippen molar-refractivity contribution in [2.45, 2.75) is 83.2 Å². The normalized spacial score (nSPS) is 25.3. The summed E-state index contributed by atoms with van der Waals surface area (Å²) in [5, 5.41) is 0. The first-order valence-electron chi connectivity index (χ1n) is 12.5. The summed E-state index contributed by atoms with van der Waals surface area (Å²) in [7, 11) is 0. The van der Waals surface area contributed by atoms with E-state index in [1.54, 1.807) is 6.92 Å². The molecule has 1 saturated heterocycles. The molecule has 0 amide bonds. The van der Waals surface area contributed by atoms with Gasteiger partial charge in [-0.25, -0.2) is 8.78 Å². The summed E-state index contributed by atoms with van der Waals surface area (Å²) in [5.41, 5.74) is 7.56. The zero-order chi connectivity index (χ0) is 26.1. The van der Waals surface area contributed by atoms with Gasteiger partial charge in [-0.1, -0.05) is 74.5 Å². The fraction of sp³-hybridized carbons (Fsp3) is 0.536. The lowest BCUT2D eigenvalue weighted by Crippen LogP contribution is -2.62. The molecule has 0 radical (unpaired) electrons. The summed E-state index contributed by atoms with van der Waals surface area (Å²) in [6.07, 6.45) is -4.27. The van der Waals surface area contributed by atoms with Gasteiger partial charge < -0.3 is 24.7 Å². The Balaban J connectivity index is 1.88. The van der Waals surface area contributed by atoms with Crippen molar-refractivity contribution in [1.82, 2.24) is 0 Å². The Bertz CT molecular complexity index is 930. The summed E-state index contributed by atoms with van der Waals surface area (Å²) < 4.78 is 54.7. The molecule has 0 aliphatic carbocycles. The lowest BCUT2D eigenvalue weighted by Gasteiger charge is -2.47. The average molecular weight is 506 g/mol. The molecule has 6 nitrogen and oxygen atoms in total. The van der Waals surface area contributed by atoms with Gasteiger partial charge in [0.15, 0.2) is 0 Å². The number of ether oxygens (including phenoxy) is 4. The van der Waals surface area contributed by atoms with Gasteiger partial charge in [0.1, 0.15) is 18.2 Å². The molecule has 36 heavy (non-hydrogen) atoms. The van der Waals surface area contributed by atoms with Gasteiger partial charge in [-0.05, 0) is 24.5 Å². The van der Waals surface area contributed by atoms with Gasteiger partial charge in [0, 0.05) is 12.3 Å². The second-order valence-electron chi connectivity index (χ2n) is 9.21. The number of rotatable bonds is 12. The van der Waals surface area contributed by atoms with Crippen molar-refractivity contribution in [3.05, 3.63) is 71.8 Å². The maximum Gasteiger partial charge on any atom is 0.323 e. The van der Waals surface area contributed by atoms with Gasteiger partial charge in [0.25, 0.3) is 5.92 Å². The summed E-state index contributed by atoms with van der Waals surface area (Å²) in [6.45, 7) is 5.84. The molecule has 0 aromatic heterocycles. The van der Waals surface area contributed by atoms with Crippen molar-refractivity contribution in [1.29, 1.82) is 0 Å². The average Bonchev–Trinajstić information content (AvgIpc) is 2.87. The van der Waals surface area contributed by atoms with Gasteiger partial charge in [-0.3, -0.25) is 4.79 Å². The smallest absolute Gasteiger partial charge is 0.323 e. The van der Waals surface area contributed by atoms with Crippen LogP contribution < -0.4 is 5.73 Å². The van der Waals surface area contributed by atoms with Crippen LogP contribution in [0.2, 0.25) is 0 Å². The molecule has 0 unspecified atom stereocenters. The van der Waals surface area contributed by atoms with Gasteiger partial charge in [-0.2, -0.15) is 0 Å². The number of benzene rings is 2. The monoisotopic (exact) mass is 505 g/mol. The van der Waals surface area contributed by atoms with Crippen molar-refractivity contribution in [3.8, 4) is 0 Å². The molecule has 2 aromatic rings. The van der Waals surface area contributed by atoms with Crippen molar-refractivity contribution < 1.29 is 32.5 Å². The van der Waals surface area contributed by atoms with Gasteiger partial charge >= 0.3 is 5.97 Å². The van der Waals surface area contributed by atoms with Crippen LogP contribution in [0.1, 0.15) is 44.7 Å². The van der Waals surface area contributed by atoms with Crippen LogP contribution in [-0.4, -0.2) is 49.0 Å². The number of alkyl halides is 2. The first kappa shape index (κ1) is 28.2. The number of hydrogen-bond donors (Lipinski definition) is 1. The number of hydrogen-bond acceptors (Lipinski definition) is 6. The van der Waals surface area contributed by atoms with Crippen LogP contribution in [0, 0.1) is 5.92 Å². The summed E-state index contributed by atoms with van der Waals surface area (Å²) in [4.78, 5) is 12.0. The van der Waals surface area contributed by atoms with E-state index in [2.05, 4.69) is 0 Å². The largest absolute Gasteiger partial charge is 0.465 e. The molecule has 3 rings (SSSR count). The minimum Gasteiger partial charge on any atom is -0.465 e. The first-order chi connectivity index (χ1) is 17.3. The Morgan fingerprint density at radius 1 is 0.972 bits per heavy atom. The predicted molar refractivity (Wildman–Crippen MR) is 132 cm³/mol. The minimum atomic E-state index is -3.46. The second-order valence-corrected chi connectivity index (χ2v) is 9.21. The molecule has 2 N–H and O–H groups in total. The lowest BCUT2D eigenvalue weighted by atomic mass is 9.83. The van der Waals surface area contributed by atoms with E-state index in [0.29, 0.717) is 6.42 Å². The van der Waals surface area contributed by atoms with Gasteiger partial charge in [-0.15, -0.1) is 0 Å². The molecule has 0 bridgehead atoms. The highest BCUT2D eigenvalue weighted by Crippen LogP contribution is 2.40. The fourth-order valence-corrected chi connectivity index (χ4v) is 4.58. The quantitative estimate of drug-likeness (QED) is 0.414. The third kappa shape index (κ3) is 7.32. The molecule has 1 aliphatic heterocycles. The molecule has 1 fully saturated rings. The van der Waals surface area contributed by atoms with Crippen molar-refractivity contribution in [3.63, 3.8) is 0 Å². The number of esters is 1. The standard InChI is InChI=1S/C28H37F2NO5/c1-4-23-19(3)24(34-17-20-12-8-6-9-13-20)25(35-18-21-14-10-7-11-15-21)26(36-23)28(29,30)16-22(31)27(32)33-5-2/h6-15,19,22-26H,4-5,16-18,31H2,1-3H3/t19-,22-,23+,24-,25+,26+/m0/s1.